The number of guanidine groups is 1. The number of halogens is 1. The van der Waals surface area contributed by atoms with Crippen LogP contribution in [0.15, 0.2) is 57.6 Å². The highest BCUT2D eigenvalue weighted by Crippen LogP contribution is 2.30. The molecule has 0 aromatic heterocycles. The molecule has 2 rings (SSSR count). The number of hydrogen-bond acceptors (Lipinski definition) is 8. The second-order valence-electron chi connectivity index (χ2n) is 5.00. The minimum atomic E-state index is -4.21. The van der Waals surface area contributed by atoms with Gasteiger partial charge in [-0.05, 0) is 48.0 Å². The van der Waals surface area contributed by atoms with E-state index < -0.39 is 26.9 Å². The van der Waals surface area contributed by atoms with Gasteiger partial charge in [-0.1, -0.05) is 5.43 Å². The Labute approximate surface area is 158 Å². The minimum Gasteiger partial charge on any atom is -0.493 e. The molecule has 0 radical (unpaired) electrons. The summed E-state index contributed by atoms with van der Waals surface area (Å²) in [5.74, 6) is -1.16. The van der Waals surface area contributed by atoms with E-state index in [1.165, 1.54) is 31.5 Å². The van der Waals surface area contributed by atoms with Crippen LogP contribution in [-0.2, 0) is 10.1 Å². The van der Waals surface area contributed by atoms with Gasteiger partial charge in [0, 0.05) is 0 Å². The van der Waals surface area contributed by atoms with Crippen LogP contribution in [-0.4, -0.2) is 32.7 Å². The molecule has 2 aromatic rings. The third-order valence-electron chi connectivity index (χ3n) is 3.07. The fraction of sp³-hybridized carbons (Fsp3) is 0.0667. The highest BCUT2D eigenvalue weighted by atomic mass is 32.2. The zero-order chi connectivity index (χ0) is 20.7. The van der Waals surface area contributed by atoms with Gasteiger partial charge in [-0.2, -0.15) is 13.5 Å². The Morgan fingerprint density at radius 3 is 2.54 bits per heavy atom. The smallest absolute Gasteiger partial charge is 0.339 e. The first-order valence-electron chi connectivity index (χ1n) is 7.37. The first-order chi connectivity index (χ1) is 13.2. The predicted molar refractivity (Wildman–Crippen MR) is 96.6 cm³/mol. The second-order valence-corrected chi connectivity index (χ2v) is 6.55. The Morgan fingerprint density at radius 2 is 1.93 bits per heavy atom. The van der Waals surface area contributed by atoms with Crippen LogP contribution in [0.25, 0.3) is 0 Å². The molecule has 0 atom stereocenters. The fourth-order valence-electron chi connectivity index (χ4n) is 1.87. The molecule has 0 bridgehead atoms. The Balaban J connectivity index is 2.21. The Kier molecular flexibility index (Phi) is 6.44. The molecule has 0 aliphatic heterocycles. The van der Waals surface area contributed by atoms with Gasteiger partial charge in [-0.25, -0.2) is 14.5 Å². The van der Waals surface area contributed by atoms with E-state index in [0.29, 0.717) is 5.56 Å². The van der Waals surface area contributed by atoms with Crippen LogP contribution in [0.2, 0.25) is 0 Å². The van der Waals surface area contributed by atoms with Crippen molar-refractivity contribution in [2.45, 2.75) is 4.90 Å². The van der Waals surface area contributed by atoms with Crippen LogP contribution in [0, 0.1) is 15.9 Å². The summed E-state index contributed by atoms with van der Waals surface area (Å²) in [5.41, 5.74) is 7.23. The molecule has 0 spiro atoms. The molecule has 0 amide bonds. The molecule has 2 aromatic carbocycles. The lowest BCUT2D eigenvalue weighted by Gasteiger charge is -2.11. The maximum atomic E-state index is 13.0. The van der Waals surface area contributed by atoms with Crippen molar-refractivity contribution >= 4 is 22.3 Å². The molecule has 0 heterocycles. The number of hydrogen-bond donors (Lipinski definition) is 2. The summed E-state index contributed by atoms with van der Waals surface area (Å²) in [6.45, 7) is 0. The van der Waals surface area contributed by atoms with Gasteiger partial charge in [0.15, 0.2) is 16.5 Å². The Morgan fingerprint density at radius 1 is 1.25 bits per heavy atom. The normalized spacial score (nSPS) is 12.0. The predicted octanol–water partition coefficient (Wildman–Crippen LogP) is 1.03. The van der Waals surface area contributed by atoms with E-state index >= 15 is 0 Å². The van der Waals surface area contributed by atoms with Crippen molar-refractivity contribution in [2.24, 2.45) is 15.9 Å². The number of rotatable bonds is 7. The summed E-state index contributed by atoms with van der Waals surface area (Å²) < 4.78 is 47.7. The summed E-state index contributed by atoms with van der Waals surface area (Å²) >= 11 is 0. The lowest BCUT2D eigenvalue weighted by Crippen LogP contribution is -2.35. The number of ether oxygens (including phenoxy) is 1. The SMILES string of the molecule is COc1cc(/C=N\N=C(N)N[N+](=O)[O-])ccc1OS(=O)(=O)c1ccc(F)cc1. The van der Waals surface area contributed by atoms with E-state index in [1.807, 2.05) is 0 Å². The average Bonchev–Trinajstić information content (AvgIpc) is 2.62. The molecule has 148 valence electrons. The molecule has 0 aliphatic rings. The molecule has 0 unspecified atom stereocenters. The van der Waals surface area contributed by atoms with Gasteiger partial charge in [0.05, 0.1) is 13.3 Å². The van der Waals surface area contributed by atoms with Gasteiger partial charge in [-0.15, -0.1) is 5.10 Å². The van der Waals surface area contributed by atoms with Crippen LogP contribution < -0.4 is 20.1 Å². The number of benzene rings is 2. The summed E-state index contributed by atoms with van der Waals surface area (Å²) in [5, 5.41) is 16.2. The number of nitrogens with one attached hydrogen (secondary N) is 1. The Hall–Kier alpha value is -3.74. The van der Waals surface area contributed by atoms with Crippen LogP contribution in [0.1, 0.15) is 5.56 Å². The van der Waals surface area contributed by atoms with Crippen LogP contribution in [0.5, 0.6) is 11.5 Å². The number of nitrogens with two attached hydrogens (primary N) is 1. The molecular weight excluding hydrogens is 397 g/mol. The van der Waals surface area contributed by atoms with Crippen molar-refractivity contribution in [1.29, 1.82) is 0 Å². The molecule has 3 N–H and O–H groups in total. The van der Waals surface area contributed by atoms with Crippen molar-refractivity contribution in [1.82, 2.24) is 5.43 Å². The first kappa shape index (κ1) is 20.6. The number of hydrazine groups is 1. The van der Waals surface area contributed by atoms with Crippen molar-refractivity contribution in [3.8, 4) is 11.5 Å². The van der Waals surface area contributed by atoms with Crippen molar-refractivity contribution in [2.75, 3.05) is 7.11 Å². The van der Waals surface area contributed by atoms with E-state index in [4.69, 9.17) is 14.7 Å². The van der Waals surface area contributed by atoms with Gasteiger partial charge in [0.25, 0.3) is 5.96 Å². The molecule has 0 saturated heterocycles. The molecule has 11 nitrogen and oxygen atoms in total. The summed E-state index contributed by atoms with van der Waals surface area (Å²) in [4.78, 5) is 9.95. The monoisotopic (exact) mass is 411 g/mol. The molecule has 0 saturated carbocycles. The fourth-order valence-corrected chi connectivity index (χ4v) is 2.81. The van der Waals surface area contributed by atoms with Gasteiger partial charge in [0.1, 0.15) is 10.7 Å². The first-order valence-corrected chi connectivity index (χ1v) is 8.78. The van der Waals surface area contributed by atoms with Crippen LogP contribution >= 0.6 is 0 Å². The maximum absolute atomic E-state index is 13.0. The highest BCUT2D eigenvalue weighted by molar-refractivity contribution is 7.87. The summed E-state index contributed by atoms with van der Waals surface area (Å²) in [7, 11) is -2.91. The topological polar surface area (TPSA) is 159 Å². The average molecular weight is 411 g/mol. The number of nitrogens with zero attached hydrogens (tertiary/aromatic N) is 3. The van der Waals surface area contributed by atoms with E-state index in [9.17, 15) is 22.9 Å². The van der Waals surface area contributed by atoms with Crippen molar-refractivity contribution in [3.63, 3.8) is 0 Å². The number of methoxy groups -OCH3 is 1. The zero-order valence-electron chi connectivity index (χ0n) is 14.3. The van der Waals surface area contributed by atoms with E-state index in [0.717, 1.165) is 24.3 Å². The van der Waals surface area contributed by atoms with E-state index in [1.54, 1.807) is 5.43 Å². The lowest BCUT2D eigenvalue weighted by molar-refractivity contribution is -0.525. The highest BCUT2D eigenvalue weighted by Gasteiger charge is 2.19. The Bertz CT molecular complexity index is 1020. The summed E-state index contributed by atoms with van der Waals surface area (Å²) in [6.07, 6.45) is 1.20. The van der Waals surface area contributed by atoms with Gasteiger partial charge in [-0.3, -0.25) is 0 Å². The molecule has 13 heteroatoms. The molecule has 0 aliphatic carbocycles. The quantitative estimate of drug-likeness (QED) is 0.225. The van der Waals surface area contributed by atoms with Gasteiger partial charge >= 0.3 is 10.1 Å². The summed E-state index contributed by atoms with van der Waals surface area (Å²) in [6, 6.07) is 8.27. The number of nitro groups is 1. The maximum Gasteiger partial charge on any atom is 0.339 e. The van der Waals surface area contributed by atoms with E-state index in [-0.39, 0.29) is 16.4 Å². The van der Waals surface area contributed by atoms with Gasteiger partial charge < -0.3 is 14.7 Å². The third-order valence-corrected chi connectivity index (χ3v) is 4.32. The third kappa shape index (κ3) is 5.63. The zero-order valence-corrected chi connectivity index (χ0v) is 15.1. The molecular formula is C15H14FN5O6S. The van der Waals surface area contributed by atoms with Crippen LogP contribution in [0.3, 0.4) is 0 Å². The minimum absolute atomic E-state index is 0.0648. The lowest BCUT2D eigenvalue weighted by atomic mass is 10.2. The van der Waals surface area contributed by atoms with E-state index in [2.05, 4.69) is 10.2 Å². The van der Waals surface area contributed by atoms with Gasteiger partial charge in [0.2, 0.25) is 0 Å². The molecule has 0 fully saturated rings. The molecule has 28 heavy (non-hydrogen) atoms. The standard InChI is InChI=1S/C15H14FN5O6S/c1-26-14-8-10(9-18-19-15(17)20-21(22)23)2-7-13(14)27-28(24,25)12-5-3-11(16)4-6-12/h2-9H,1H3,(H3,17,19,20)/b18-9-. The van der Waals surface area contributed by atoms with Crippen molar-refractivity contribution < 1.29 is 26.8 Å². The second kappa shape index (κ2) is 8.77. The van der Waals surface area contributed by atoms with Crippen LogP contribution in [0.4, 0.5) is 4.39 Å². The largest absolute Gasteiger partial charge is 0.493 e. The van der Waals surface area contributed by atoms with Crippen molar-refractivity contribution in [3.05, 3.63) is 64.0 Å².